The van der Waals surface area contributed by atoms with Gasteiger partial charge < -0.3 is 10.3 Å². The zero-order valence-corrected chi connectivity index (χ0v) is 11.9. The fraction of sp³-hybridized carbons (Fsp3) is 0.455. The van der Waals surface area contributed by atoms with Gasteiger partial charge in [-0.25, -0.2) is 9.97 Å². The Labute approximate surface area is 123 Å². The van der Waals surface area contributed by atoms with Gasteiger partial charge in [-0.3, -0.25) is 0 Å². The first kappa shape index (κ1) is 15.7. The molecule has 6 nitrogen and oxygen atoms in total. The fourth-order valence-corrected chi connectivity index (χ4v) is 2.50. The maximum absolute atomic E-state index is 12.6. The van der Waals surface area contributed by atoms with Crippen molar-refractivity contribution in [3.63, 3.8) is 0 Å². The van der Waals surface area contributed by atoms with Crippen molar-refractivity contribution < 1.29 is 13.2 Å². The van der Waals surface area contributed by atoms with Crippen molar-refractivity contribution in [2.24, 2.45) is 5.73 Å². The summed E-state index contributed by atoms with van der Waals surface area (Å²) in [6.45, 7) is 2.90. The molecule has 0 aromatic carbocycles. The summed E-state index contributed by atoms with van der Waals surface area (Å²) in [6.07, 6.45) is -2.88. The summed E-state index contributed by atoms with van der Waals surface area (Å²) in [5, 5.41) is 8.35. The first-order valence-corrected chi connectivity index (χ1v) is 6.97. The summed E-state index contributed by atoms with van der Waals surface area (Å²) < 4.78 is 39.6. The fourth-order valence-electron chi connectivity index (χ4n) is 1.66. The van der Waals surface area contributed by atoms with Gasteiger partial charge in [0.15, 0.2) is 10.3 Å². The van der Waals surface area contributed by atoms with E-state index in [0.29, 0.717) is 30.5 Å². The molecule has 0 aliphatic heterocycles. The Balaban J connectivity index is 2.26. The van der Waals surface area contributed by atoms with Gasteiger partial charge in [-0.1, -0.05) is 0 Å². The third kappa shape index (κ3) is 3.70. The largest absolute Gasteiger partial charge is 0.433 e. The highest BCUT2D eigenvalue weighted by Gasteiger charge is 2.33. The van der Waals surface area contributed by atoms with Crippen LogP contribution >= 0.6 is 11.8 Å². The molecule has 0 unspecified atom stereocenters. The lowest BCUT2D eigenvalue weighted by atomic mass is 10.4. The van der Waals surface area contributed by atoms with E-state index in [9.17, 15) is 13.2 Å². The van der Waals surface area contributed by atoms with Crippen LogP contribution < -0.4 is 5.73 Å². The lowest BCUT2D eigenvalue weighted by Crippen LogP contribution is -2.10. The zero-order valence-electron chi connectivity index (χ0n) is 11.1. The quantitative estimate of drug-likeness (QED) is 0.846. The first-order chi connectivity index (χ1) is 9.95. The lowest BCUT2D eigenvalue weighted by molar-refractivity contribution is -0.141. The number of alkyl halides is 3. The number of nitrogens with zero attached hydrogens (tertiary/aromatic N) is 5. The van der Waals surface area contributed by atoms with E-state index in [0.717, 1.165) is 24.0 Å². The molecule has 114 valence electrons. The van der Waals surface area contributed by atoms with Crippen molar-refractivity contribution in [3.8, 4) is 0 Å². The summed E-state index contributed by atoms with van der Waals surface area (Å²) in [6, 6.07) is 0.828. The predicted octanol–water partition coefficient (Wildman–Crippen LogP) is 1.76. The van der Waals surface area contributed by atoms with E-state index in [2.05, 4.69) is 20.2 Å². The summed E-state index contributed by atoms with van der Waals surface area (Å²) in [4.78, 5) is 7.32. The highest BCUT2D eigenvalue weighted by Crippen LogP contribution is 2.30. The molecule has 0 bridgehead atoms. The average molecular weight is 318 g/mol. The Morgan fingerprint density at radius 2 is 2.10 bits per heavy atom. The number of hydrogen-bond donors (Lipinski definition) is 1. The van der Waals surface area contributed by atoms with Crippen molar-refractivity contribution in [1.29, 1.82) is 0 Å². The molecular formula is C11H13F3N6S. The zero-order chi connectivity index (χ0) is 15.5. The first-order valence-electron chi connectivity index (χ1n) is 6.16. The SMILES string of the molecule is CCn1c(CCN)nnc1Sc1nccc(C(F)(F)F)n1. The van der Waals surface area contributed by atoms with E-state index in [-0.39, 0.29) is 5.16 Å². The Kier molecular flexibility index (Phi) is 4.78. The molecule has 2 heterocycles. The van der Waals surface area contributed by atoms with Gasteiger partial charge in [-0.2, -0.15) is 13.2 Å². The minimum atomic E-state index is -4.50. The third-order valence-corrected chi connectivity index (χ3v) is 3.45. The van der Waals surface area contributed by atoms with Crippen molar-refractivity contribution in [2.45, 2.75) is 36.4 Å². The monoisotopic (exact) mass is 318 g/mol. The maximum atomic E-state index is 12.6. The molecule has 0 spiro atoms. The second-order valence-electron chi connectivity index (χ2n) is 4.01. The predicted molar refractivity (Wildman–Crippen MR) is 69.6 cm³/mol. The molecule has 0 fully saturated rings. The normalized spacial score (nSPS) is 11.9. The van der Waals surface area contributed by atoms with Crippen molar-refractivity contribution in [3.05, 3.63) is 23.8 Å². The second kappa shape index (κ2) is 6.39. The molecule has 0 radical (unpaired) electrons. The number of halogens is 3. The molecule has 2 N–H and O–H groups in total. The van der Waals surface area contributed by atoms with Gasteiger partial charge in [0.1, 0.15) is 11.5 Å². The van der Waals surface area contributed by atoms with Gasteiger partial charge in [0.2, 0.25) is 0 Å². The van der Waals surface area contributed by atoms with Gasteiger partial charge in [0.25, 0.3) is 0 Å². The van der Waals surface area contributed by atoms with Gasteiger partial charge in [-0.15, -0.1) is 10.2 Å². The van der Waals surface area contributed by atoms with Crippen molar-refractivity contribution >= 4 is 11.8 Å². The van der Waals surface area contributed by atoms with E-state index in [1.807, 2.05) is 6.92 Å². The summed E-state index contributed by atoms with van der Waals surface area (Å²) in [5.41, 5.74) is 4.49. The topological polar surface area (TPSA) is 82.5 Å². The van der Waals surface area contributed by atoms with Crippen molar-refractivity contribution in [2.75, 3.05) is 6.54 Å². The Morgan fingerprint density at radius 3 is 2.71 bits per heavy atom. The minimum Gasteiger partial charge on any atom is -0.330 e. The van der Waals surface area contributed by atoms with Crippen LogP contribution in [0.1, 0.15) is 18.4 Å². The molecule has 0 aliphatic carbocycles. The Hall–Kier alpha value is -1.68. The van der Waals surface area contributed by atoms with Gasteiger partial charge in [-0.05, 0) is 31.3 Å². The van der Waals surface area contributed by atoms with Crippen LogP contribution in [0.5, 0.6) is 0 Å². The molecule has 0 saturated carbocycles. The van der Waals surface area contributed by atoms with Crippen LogP contribution in [0.25, 0.3) is 0 Å². The van der Waals surface area contributed by atoms with Crippen molar-refractivity contribution in [1.82, 2.24) is 24.7 Å². The van der Waals surface area contributed by atoms with E-state index in [1.165, 1.54) is 0 Å². The smallest absolute Gasteiger partial charge is 0.330 e. The molecular weight excluding hydrogens is 305 g/mol. The van der Waals surface area contributed by atoms with Gasteiger partial charge in [0, 0.05) is 19.2 Å². The van der Waals surface area contributed by atoms with E-state index in [1.54, 1.807) is 4.57 Å². The molecule has 2 aromatic heterocycles. The van der Waals surface area contributed by atoms with Crippen LogP contribution in [0.4, 0.5) is 13.2 Å². The minimum absolute atomic E-state index is 0.0220. The summed E-state index contributed by atoms with van der Waals surface area (Å²) in [7, 11) is 0. The number of hydrogen-bond acceptors (Lipinski definition) is 6. The third-order valence-electron chi connectivity index (χ3n) is 2.58. The molecule has 21 heavy (non-hydrogen) atoms. The van der Waals surface area contributed by atoms with Crippen LogP contribution in [0.2, 0.25) is 0 Å². The van der Waals surface area contributed by atoms with Crippen LogP contribution in [-0.4, -0.2) is 31.3 Å². The van der Waals surface area contributed by atoms with Crippen LogP contribution in [0, 0.1) is 0 Å². The average Bonchev–Trinajstić information content (AvgIpc) is 2.80. The standard InChI is InChI=1S/C11H13F3N6S/c1-2-20-8(3-5-15)18-19-10(20)21-9-16-6-4-7(17-9)11(12,13)14/h4,6H,2-3,5,15H2,1H3. The molecule has 0 atom stereocenters. The lowest BCUT2D eigenvalue weighted by Gasteiger charge is -2.07. The number of rotatable bonds is 5. The van der Waals surface area contributed by atoms with E-state index >= 15 is 0 Å². The Morgan fingerprint density at radius 1 is 1.33 bits per heavy atom. The van der Waals surface area contributed by atoms with Gasteiger partial charge in [0.05, 0.1) is 0 Å². The second-order valence-corrected chi connectivity index (χ2v) is 4.94. The van der Waals surface area contributed by atoms with E-state index < -0.39 is 11.9 Å². The molecule has 2 aromatic rings. The maximum Gasteiger partial charge on any atom is 0.433 e. The molecule has 0 amide bonds. The molecule has 2 rings (SSSR count). The summed E-state index contributed by atoms with van der Waals surface area (Å²) >= 11 is 0.942. The number of nitrogens with two attached hydrogens (primary N) is 1. The van der Waals surface area contributed by atoms with Crippen LogP contribution in [0.15, 0.2) is 22.6 Å². The molecule has 0 saturated heterocycles. The van der Waals surface area contributed by atoms with Crippen LogP contribution in [-0.2, 0) is 19.1 Å². The molecule has 10 heteroatoms. The highest BCUT2D eigenvalue weighted by molar-refractivity contribution is 7.99. The highest BCUT2D eigenvalue weighted by atomic mass is 32.2. The van der Waals surface area contributed by atoms with E-state index in [4.69, 9.17) is 5.73 Å². The van der Waals surface area contributed by atoms with Crippen LogP contribution in [0.3, 0.4) is 0 Å². The number of aromatic nitrogens is 5. The summed E-state index contributed by atoms with van der Waals surface area (Å²) in [5.74, 6) is 0.689. The van der Waals surface area contributed by atoms with Gasteiger partial charge >= 0.3 is 6.18 Å². The Bertz CT molecular complexity index is 612. The molecule has 0 aliphatic rings.